The van der Waals surface area contributed by atoms with E-state index in [-0.39, 0.29) is 0 Å². The summed E-state index contributed by atoms with van der Waals surface area (Å²) < 4.78 is 13.6. The highest BCUT2D eigenvalue weighted by Crippen LogP contribution is 2.61. The Kier molecular flexibility index (Phi) is 6.08. The van der Waals surface area contributed by atoms with E-state index in [0.717, 1.165) is 16.1 Å². The summed E-state index contributed by atoms with van der Waals surface area (Å²) in [5.41, 5.74) is 3.28. The van der Waals surface area contributed by atoms with E-state index < -0.39 is 37.9 Å². The first-order valence-electron chi connectivity index (χ1n) is 8.27. The number of hydrogen-bond acceptors (Lipinski definition) is 6. The molecule has 0 spiro atoms. The minimum atomic E-state index is -1.33. The second-order valence-corrected chi connectivity index (χ2v) is 20.6. The zero-order chi connectivity index (χ0) is 20.0. The van der Waals surface area contributed by atoms with Gasteiger partial charge in [-0.1, -0.05) is 30.0 Å². The molecule has 10 heteroatoms. The van der Waals surface area contributed by atoms with Crippen LogP contribution in [0.25, 0.3) is 6.08 Å². The van der Waals surface area contributed by atoms with Crippen LogP contribution in [0, 0.1) is 0 Å². The summed E-state index contributed by atoms with van der Waals surface area (Å²) in [4.78, 5) is 15.9. The summed E-state index contributed by atoms with van der Waals surface area (Å²) in [5.74, 6) is -0.921. The number of thiol groups is 1. The van der Waals surface area contributed by atoms with Crippen LogP contribution in [0.1, 0.15) is 12.5 Å². The highest BCUT2D eigenvalue weighted by Gasteiger charge is 2.43. The fourth-order valence-electron chi connectivity index (χ4n) is 2.90. The number of para-hydroxylation sites is 1. The largest absolute Gasteiger partial charge is 0.601 e. The number of anilines is 2. The van der Waals surface area contributed by atoms with Gasteiger partial charge in [-0.05, 0) is 56.9 Å². The molecule has 0 saturated carbocycles. The fraction of sp³-hybridized carbons (Fsp3) is 0.167. The van der Waals surface area contributed by atoms with Crippen molar-refractivity contribution in [2.75, 3.05) is 11.9 Å². The lowest BCUT2D eigenvalue weighted by Gasteiger charge is -2.29. The standard InChI is InChI=1S/C18H17NO3S6/c1-11(18(20)21)27-26(22)17(25-28(27)23)10-12-7-8-14-16(9-12)24-15-6-4-3-5-13(15)19(14)2/h3-11,27H,1-2H3,(H,20,21)/b17-10+. The van der Waals surface area contributed by atoms with Crippen molar-refractivity contribution in [3.8, 4) is 0 Å². The van der Waals surface area contributed by atoms with Gasteiger partial charge in [0.1, 0.15) is 5.25 Å². The Morgan fingerprint density at radius 3 is 2.79 bits per heavy atom. The fourth-order valence-corrected chi connectivity index (χ4v) is 23.8. The SMILES string of the molecule is CC(C(=O)O)[SH]1S(=S)S/C(=C\c2ccc3c(c2)Sc2ccccc2N3C)[S+]1[O-]. The van der Waals surface area contributed by atoms with Crippen LogP contribution in [0.4, 0.5) is 11.4 Å². The average Bonchev–Trinajstić information content (AvgIpc) is 2.94. The van der Waals surface area contributed by atoms with Gasteiger partial charge >= 0.3 is 5.97 Å². The molecule has 2 aliphatic heterocycles. The second-order valence-electron chi connectivity index (χ2n) is 6.17. The van der Waals surface area contributed by atoms with Gasteiger partial charge < -0.3 is 14.6 Å². The molecule has 4 nitrogen and oxygen atoms in total. The van der Waals surface area contributed by atoms with Gasteiger partial charge in [0.2, 0.25) is 4.24 Å². The Hall–Kier alpha value is -0.620. The molecule has 1 saturated heterocycles. The van der Waals surface area contributed by atoms with Crippen LogP contribution < -0.4 is 4.90 Å². The third kappa shape index (κ3) is 3.76. The minimum Gasteiger partial charge on any atom is -0.601 e. The van der Waals surface area contributed by atoms with Crippen LogP contribution in [0.2, 0.25) is 0 Å². The van der Waals surface area contributed by atoms with E-state index in [2.05, 4.69) is 36.2 Å². The first kappa shape index (κ1) is 20.6. The molecule has 148 valence electrons. The van der Waals surface area contributed by atoms with Crippen molar-refractivity contribution in [2.24, 2.45) is 0 Å². The normalized spacial score (nSPS) is 27.3. The summed E-state index contributed by atoms with van der Waals surface area (Å²) in [6.45, 7) is 1.62. The smallest absolute Gasteiger partial charge is 0.319 e. The first-order valence-corrected chi connectivity index (χ1v) is 16.3. The van der Waals surface area contributed by atoms with E-state index in [9.17, 15) is 14.5 Å². The predicted molar refractivity (Wildman–Crippen MR) is 130 cm³/mol. The number of carboxylic acid groups (broad SMARTS) is 1. The summed E-state index contributed by atoms with van der Waals surface area (Å²) in [6, 6.07) is 14.5. The molecule has 0 amide bonds. The molecular formula is C18H17NO3S6. The third-order valence-corrected chi connectivity index (χ3v) is 23.0. The number of nitrogens with zero attached hydrogens (tertiary/aromatic N) is 1. The molecule has 28 heavy (non-hydrogen) atoms. The molecule has 0 radical (unpaired) electrons. The zero-order valence-electron chi connectivity index (χ0n) is 14.9. The molecule has 2 aliphatic rings. The highest BCUT2D eigenvalue weighted by atomic mass is 33.8. The molecule has 1 fully saturated rings. The number of fused-ring (bicyclic) bond motifs is 2. The van der Waals surface area contributed by atoms with Crippen LogP contribution in [-0.2, 0) is 33.7 Å². The van der Waals surface area contributed by atoms with Gasteiger partial charge in [-0.15, -0.1) is 0 Å². The first-order chi connectivity index (χ1) is 13.4. The lowest BCUT2D eigenvalue weighted by atomic mass is 10.1. The maximum Gasteiger partial charge on any atom is 0.319 e. The van der Waals surface area contributed by atoms with Gasteiger partial charge in [0.25, 0.3) is 0 Å². The van der Waals surface area contributed by atoms with Crippen molar-refractivity contribution in [3.05, 3.63) is 52.3 Å². The maximum atomic E-state index is 12.9. The van der Waals surface area contributed by atoms with Crippen LogP contribution >= 0.6 is 31.5 Å². The zero-order valence-corrected chi connectivity index (χ0v) is 19.9. The molecular weight excluding hydrogens is 471 g/mol. The topological polar surface area (TPSA) is 63.6 Å². The summed E-state index contributed by atoms with van der Waals surface area (Å²) >= 11 is 7.18. The van der Waals surface area contributed by atoms with Crippen molar-refractivity contribution in [1.29, 1.82) is 0 Å². The van der Waals surface area contributed by atoms with E-state index in [1.807, 2.05) is 24.3 Å². The Morgan fingerprint density at radius 1 is 1.32 bits per heavy atom. The van der Waals surface area contributed by atoms with Crippen molar-refractivity contribution in [3.63, 3.8) is 0 Å². The maximum absolute atomic E-state index is 12.9. The van der Waals surface area contributed by atoms with Gasteiger partial charge in [0.15, 0.2) is 0 Å². The summed E-state index contributed by atoms with van der Waals surface area (Å²) in [6.07, 6.45) is 1.91. The average molecular weight is 488 g/mol. The monoisotopic (exact) mass is 487 g/mol. The molecule has 2 aromatic rings. The van der Waals surface area contributed by atoms with Crippen LogP contribution in [0.5, 0.6) is 0 Å². The number of rotatable bonds is 3. The quantitative estimate of drug-likeness (QED) is 0.358. The van der Waals surface area contributed by atoms with Crippen LogP contribution in [0.15, 0.2) is 56.5 Å². The van der Waals surface area contributed by atoms with Crippen LogP contribution in [0.3, 0.4) is 0 Å². The van der Waals surface area contributed by atoms with Crippen molar-refractivity contribution in [2.45, 2.75) is 22.0 Å². The number of hydrogen-bond donors (Lipinski definition) is 2. The summed E-state index contributed by atoms with van der Waals surface area (Å²) in [5, 5.41) is 8.64. The van der Waals surface area contributed by atoms with Gasteiger partial charge in [-0.3, -0.25) is 4.79 Å². The molecule has 2 heterocycles. The van der Waals surface area contributed by atoms with E-state index in [4.69, 9.17) is 11.2 Å². The minimum absolute atomic E-state index is 0.630. The number of aliphatic carboxylic acids is 1. The van der Waals surface area contributed by atoms with E-state index in [1.165, 1.54) is 21.4 Å². The number of benzene rings is 2. The van der Waals surface area contributed by atoms with Gasteiger partial charge in [0.05, 0.1) is 11.4 Å². The van der Waals surface area contributed by atoms with Crippen molar-refractivity contribution in [1.82, 2.24) is 0 Å². The molecule has 0 bridgehead atoms. The van der Waals surface area contributed by atoms with E-state index in [0.29, 0.717) is 4.24 Å². The second kappa shape index (κ2) is 8.25. The Bertz CT molecular complexity index is 1010. The number of carboxylic acids is 1. The van der Waals surface area contributed by atoms with Gasteiger partial charge in [0, 0.05) is 51.4 Å². The Morgan fingerprint density at radius 2 is 2.04 bits per heavy atom. The summed E-state index contributed by atoms with van der Waals surface area (Å²) in [7, 11) is 0.242. The van der Waals surface area contributed by atoms with Crippen molar-refractivity contribution < 1.29 is 14.5 Å². The molecule has 4 unspecified atom stereocenters. The van der Waals surface area contributed by atoms with E-state index in [1.54, 1.807) is 18.7 Å². The molecule has 4 rings (SSSR count). The molecule has 0 aromatic heterocycles. The highest BCUT2D eigenvalue weighted by molar-refractivity contribution is 9.36. The van der Waals surface area contributed by atoms with Crippen molar-refractivity contribution >= 4 is 83.8 Å². The third-order valence-electron chi connectivity index (χ3n) is 4.39. The molecule has 4 atom stereocenters. The van der Waals surface area contributed by atoms with E-state index >= 15 is 0 Å². The number of carbonyl (C=O) groups is 1. The molecule has 1 N–H and O–H groups in total. The molecule has 0 aliphatic carbocycles. The molecule has 2 aromatic carbocycles. The lowest BCUT2D eigenvalue weighted by Crippen LogP contribution is -2.19. The predicted octanol–water partition coefficient (Wildman–Crippen LogP) is 5.01. The Balaban J connectivity index is 1.64. The van der Waals surface area contributed by atoms with Gasteiger partial charge in [-0.2, -0.15) is 0 Å². The lowest BCUT2D eigenvalue weighted by molar-refractivity contribution is -0.136. The van der Waals surface area contributed by atoms with Crippen LogP contribution in [-0.4, -0.2) is 27.9 Å². The Labute approximate surface area is 183 Å². The van der Waals surface area contributed by atoms with Gasteiger partial charge in [-0.25, -0.2) is 0 Å².